The molecular weight excluding hydrogens is 374 g/mol. The van der Waals surface area contributed by atoms with E-state index < -0.39 is 0 Å². The van der Waals surface area contributed by atoms with Gasteiger partial charge in [-0.1, -0.05) is 0 Å². The van der Waals surface area contributed by atoms with Crippen LogP contribution in [0.2, 0.25) is 0 Å². The van der Waals surface area contributed by atoms with Gasteiger partial charge in [0.25, 0.3) is 5.91 Å². The number of nitrogens with one attached hydrogen (secondary N) is 1. The summed E-state index contributed by atoms with van der Waals surface area (Å²) in [7, 11) is 1.53. The number of methoxy groups -OCH3 is 1. The molecule has 1 aliphatic rings. The van der Waals surface area contributed by atoms with Crippen LogP contribution >= 0.6 is 0 Å². The zero-order chi connectivity index (χ0) is 20.2. The zero-order valence-electron chi connectivity index (χ0n) is 15.9. The van der Waals surface area contributed by atoms with Crippen molar-refractivity contribution in [1.82, 2.24) is 25.1 Å². The van der Waals surface area contributed by atoms with Crippen LogP contribution in [0.4, 0.5) is 0 Å². The lowest BCUT2D eigenvalue weighted by atomic mass is 10.1. The highest BCUT2D eigenvalue weighted by atomic mass is 16.5. The third-order valence-electron chi connectivity index (χ3n) is 4.78. The maximum Gasteiger partial charge on any atom is 0.253 e. The second-order valence-corrected chi connectivity index (χ2v) is 6.65. The summed E-state index contributed by atoms with van der Waals surface area (Å²) in [5, 5.41) is 17.8. The minimum absolute atomic E-state index is 0.0647. The number of hydrogen-bond donors (Lipinski definition) is 2. The van der Waals surface area contributed by atoms with Crippen molar-refractivity contribution in [2.24, 2.45) is 0 Å². The smallest absolute Gasteiger partial charge is 0.253 e. The van der Waals surface area contributed by atoms with Crippen LogP contribution in [-0.2, 0) is 4.74 Å². The highest BCUT2D eigenvalue weighted by molar-refractivity contribution is 5.94. The zero-order valence-corrected chi connectivity index (χ0v) is 15.9. The highest BCUT2D eigenvalue weighted by Crippen LogP contribution is 2.31. The quantitative estimate of drug-likeness (QED) is 0.679. The van der Waals surface area contributed by atoms with Crippen LogP contribution in [0.1, 0.15) is 23.2 Å². The third kappa shape index (κ3) is 4.04. The Morgan fingerprint density at radius 3 is 2.79 bits per heavy atom. The fraction of sp³-hybridized carbons (Fsp3) is 0.300. The Bertz CT molecular complexity index is 996. The van der Waals surface area contributed by atoms with Crippen LogP contribution in [0, 0.1) is 0 Å². The van der Waals surface area contributed by atoms with Gasteiger partial charge in [0.1, 0.15) is 0 Å². The summed E-state index contributed by atoms with van der Waals surface area (Å²) in [4.78, 5) is 20.7. The van der Waals surface area contributed by atoms with Gasteiger partial charge in [0.15, 0.2) is 5.82 Å². The van der Waals surface area contributed by atoms with Crippen LogP contribution in [0.5, 0.6) is 11.8 Å². The van der Waals surface area contributed by atoms with E-state index in [1.807, 2.05) is 0 Å². The van der Waals surface area contributed by atoms with Gasteiger partial charge in [0.05, 0.1) is 24.4 Å². The number of amides is 1. The molecule has 2 N–H and O–H groups in total. The molecule has 1 amide bonds. The van der Waals surface area contributed by atoms with Crippen molar-refractivity contribution < 1.29 is 19.4 Å². The number of nitrogens with zero attached hydrogens (tertiary/aromatic N) is 4. The predicted molar refractivity (Wildman–Crippen MR) is 104 cm³/mol. The van der Waals surface area contributed by atoms with Gasteiger partial charge in [-0.15, -0.1) is 0 Å². The SMILES string of the molecule is COc1cc(-c2cnn(-c3ccc(C(=O)NC4CCOCC4)cn3)c2O)ccn1. The lowest BCUT2D eigenvalue weighted by molar-refractivity contribution is 0.0696. The number of aromatic hydroxyl groups is 1. The summed E-state index contributed by atoms with van der Waals surface area (Å²) in [5.41, 5.74) is 1.69. The second-order valence-electron chi connectivity index (χ2n) is 6.65. The van der Waals surface area contributed by atoms with E-state index in [4.69, 9.17) is 9.47 Å². The van der Waals surface area contributed by atoms with Crippen molar-refractivity contribution in [3.63, 3.8) is 0 Å². The van der Waals surface area contributed by atoms with Crippen LogP contribution in [-0.4, -0.2) is 57.1 Å². The molecule has 9 nitrogen and oxygen atoms in total. The molecule has 29 heavy (non-hydrogen) atoms. The molecule has 0 unspecified atom stereocenters. The van der Waals surface area contributed by atoms with Crippen molar-refractivity contribution in [3.05, 3.63) is 48.4 Å². The molecule has 0 aliphatic carbocycles. The first-order chi connectivity index (χ1) is 14.2. The molecule has 4 heterocycles. The normalized spacial score (nSPS) is 14.5. The first-order valence-electron chi connectivity index (χ1n) is 9.28. The highest BCUT2D eigenvalue weighted by Gasteiger charge is 2.18. The molecule has 0 bridgehead atoms. The van der Waals surface area contributed by atoms with E-state index in [1.165, 1.54) is 24.2 Å². The summed E-state index contributed by atoms with van der Waals surface area (Å²) in [6.45, 7) is 1.32. The van der Waals surface area contributed by atoms with E-state index in [9.17, 15) is 9.90 Å². The van der Waals surface area contributed by atoms with E-state index >= 15 is 0 Å². The average Bonchev–Trinajstić information content (AvgIpc) is 3.16. The fourth-order valence-electron chi connectivity index (χ4n) is 3.16. The van der Waals surface area contributed by atoms with Gasteiger partial charge >= 0.3 is 0 Å². The molecule has 1 saturated heterocycles. The monoisotopic (exact) mass is 395 g/mol. The molecule has 0 radical (unpaired) electrons. The Morgan fingerprint density at radius 2 is 2.07 bits per heavy atom. The van der Waals surface area contributed by atoms with Crippen molar-refractivity contribution in [2.45, 2.75) is 18.9 Å². The third-order valence-corrected chi connectivity index (χ3v) is 4.78. The van der Waals surface area contributed by atoms with Crippen LogP contribution in [0.25, 0.3) is 16.9 Å². The number of carbonyl (C=O) groups is 1. The molecule has 0 aromatic carbocycles. The topological polar surface area (TPSA) is 111 Å². The molecule has 1 fully saturated rings. The molecule has 3 aromatic rings. The summed E-state index contributed by atoms with van der Waals surface area (Å²) >= 11 is 0. The van der Waals surface area contributed by atoms with Crippen LogP contribution in [0.15, 0.2) is 42.9 Å². The van der Waals surface area contributed by atoms with Crippen LogP contribution in [0.3, 0.4) is 0 Å². The molecule has 1 aliphatic heterocycles. The maximum atomic E-state index is 12.4. The largest absolute Gasteiger partial charge is 0.493 e. The van der Waals surface area contributed by atoms with Gasteiger partial charge < -0.3 is 19.9 Å². The van der Waals surface area contributed by atoms with Gasteiger partial charge in [0.2, 0.25) is 11.8 Å². The van der Waals surface area contributed by atoms with Crippen molar-refractivity contribution in [3.8, 4) is 28.7 Å². The van der Waals surface area contributed by atoms with Crippen molar-refractivity contribution in [2.75, 3.05) is 20.3 Å². The standard InChI is InChI=1S/C20H21N5O4/c1-28-18-10-13(4-7-21-18)16-12-23-25(20(16)27)17-3-2-14(11-22-17)19(26)24-15-5-8-29-9-6-15/h2-4,7,10-12,15,27H,5-6,8-9H2,1H3,(H,24,26). The number of rotatable bonds is 5. The Morgan fingerprint density at radius 1 is 1.24 bits per heavy atom. The summed E-state index contributed by atoms with van der Waals surface area (Å²) < 4.78 is 11.7. The van der Waals surface area contributed by atoms with Gasteiger partial charge in [-0.3, -0.25) is 4.79 Å². The van der Waals surface area contributed by atoms with Gasteiger partial charge in [-0.2, -0.15) is 9.78 Å². The summed E-state index contributed by atoms with van der Waals surface area (Å²) in [6, 6.07) is 6.88. The number of pyridine rings is 2. The predicted octanol–water partition coefficient (Wildman–Crippen LogP) is 1.95. The van der Waals surface area contributed by atoms with E-state index in [-0.39, 0.29) is 17.8 Å². The summed E-state index contributed by atoms with van der Waals surface area (Å²) in [6.07, 6.45) is 6.22. The van der Waals surface area contributed by atoms with Crippen molar-refractivity contribution >= 4 is 5.91 Å². The molecule has 4 rings (SSSR count). The first-order valence-corrected chi connectivity index (χ1v) is 9.28. The average molecular weight is 395 g/mol. The van der Waals surface area contributed by atoms with Crippen LogP contribution < -0.4 is 10.1 Å². The Labute approximate surface area is 167 Å². The Hall–Kier alpha value is -3.46. The Balaban J connectivity index is 1.52. The molecule has 150 valence electrons. The van der Waals surface area contributed by atoms with E-state index in [0.29, 0.717) is 41.6 Å². The number of aromatic nitrogens is 4. The number of hydrogen-bond acceptors (Lipinski definition) is 7. The first kappa shape index (κ1) is 18.9. The lowest BCUT2D eigenvalue weighted by Crippen LogP contribution is -2.38. The molecule has 0 spiro atoms. The van der Waals surface area contributed by atoms with E-state index in [0.717, 1.165) is 12.8 Å². The van der Waals surface area contributed by atoms with Gasteiger partial charge in [-0.05, 0) is 36.6 Å². The molecule has 0 atom stereocenters. The minimum Gasteiger partial charge on any atom is -0.493 e. The molecule has 0 saturated carbocycles. The van der Waals surface area contributed by atoms with Gasteiger partial charge in [-0.25, -0.2) is 9.97 Å². The molecule has 3 aromatic heterocycles. The molecular formula is C20H21N5O4. The van der Waals surface area contributed by atoms with E-state index in [1.54, 1.807) is 30.5 Å². The van der Waals surface area contributed by atoms with Gasteiger partial charge in [0, 0.05) is 37.7 Å². The number of ether oxygens (including phenoxy) is 2. The molecule has 9 heteroatoms. The van der Waals surface area contributed by atoms with E-state index in [2.05, 4.69) is 20.4 Å². The Kier molecular flexibility index (Phi) is 5.39. The fourth-order valence-corrected chi connectivity index (χ4v) is 3.16. The summed E-state index contributed by atoms with van der Waals surface area (Å²) in [5.74, 6) is 0.598. The second kappa shape index (κ2) is 8.27. The lowest BCUT2D eigenvalue weighted by Gasteiger charge is -2.23. The van der Waals surface area contributed by atoms with Crippen molar-refractivity contribution in [1.29, 1.82) is 0 Å². The minimum atomic E-state index is -0.176. The maximum absolute atomic E-state index is 12.4. The number of carbonyl (C=O) groups excluding carboxylic acids is 1.